The van der Waals surface area contributed by atoms with Gasteiger partial charge in [0.25, 0.3) is 0 Å². The van der Waals surface area contributed by atoms with Crippen molar-refractivity contribution in [1.29, 1.82) is 0 Å². The van der Waals surface area contributed by atoms with Crippen LogP contribution in [0.4, 0.5) is 18.9 Å². The van der Waals surface area contributed by atoms with Crippen molar-refractivity contribution in [2.75, 3.05) is 38.4 Å². The van der Waals surface area contributed by atoms with Gasteiger partial charge in [0.15, 0.2) is 11.5 Å². The number of hydrogen-bond acceptors (Lipinski definition) is 6. The molecule has 5 aliphatic rings. The van der Waals surface area contributed by atoms with Crippen LogP contribution in [-0.2, 0) is 11.2 Å². The number of ether oxygens (including phenoxy) is 4. The molecule has 0 amide bonds. The summed E-state index contributed by atoms with van der Waals surface area (Å²) in [5.74, 6) is 2.89. The number of fused-ring (bicyclic) bond motifs is 5. The van der Waals surface area contributed by atoms with Crippen molar-refractivity contribution >= 4 is 17.5 Å². The number of alkyl halides is 3. The van der Waals surface area contributed by atoms with E-state index in [1.165, 1.54) is 48.1 Å². The molecule has 208 valence electrons. The second-order valence-corrected chi connectivity index (χ2v) is 11.2. The Morgan fingerprint density at radius 2 is 1.69 bits per heavy atom. The monoisotopic (exact) mass is 542 g/mol. The molecule has 9 heteroatoms. The van der Waals surface area contributed by atoms with E-state index in [1.54, 1.807) is 7.11 Å². The highest BCUT2D eigenvalue weighted by Crippen LogP contribution is 2.54. The minimum Gasteiger partial charge on any atom is -0.495 e. The Morgan fingerprint density at radius 1 is 0.949 bits per heavy atom. The fourth-order valence-electron chi connectivity index (χ4n) is 7.38. The van der Waals surface area contributed by atoms with Crippen LogP contribution >= 0.6 is 0 Å². The van der Waals surface area contributed by atoms with Crippen molar-refractivity contribution < 1.29 is 32.1 Å². The quantitative estimate of drug-likeness (QED) is 0.438. The van der Waals surface area contributed by atoms with E-state index >= 15 is 0 Å². The van der Waals surface area contributed by atoms with E-state index < -0.39 is 12.5 Å². The van der Waals surface area contributed by atoms with Gasteiger partial charge < -0.3 is 24.0 Å². The van der Waals surface area contributed by atoms with Gasteiger partial charge in [-0.25, -0.2) is 0 Å². The third-order valence-electron chi connectivity index (χ3n) is 9.07. The zero-order valence-electron chi connectivity index (χ0n) is 22.1. The lowest BCUT2D eigenvalue weighted by Gasteiger charge is -2.47. The lowest BCUT2D eigenvalue weighted by atomic mass is 9.79. The van der Waals surface area contributed by atoms with Gasteiger partial charge >= 0.3 is 6.36 Å². The molecule has 0 aromatic heterocycles. The summed E-state index contributed by atoms with van der Waals surface area (Å²) < 4.78 is 60.3. The highest BCUT2D eigenvalue weighted by molar-refractivity contribution is 5.89. The first-order chi connectivity index (χ1) is 18.9. The molecule has 4 heterocycles. The Bertz CT molecular complexity index is 1300. The summed E-state index contributed by atoms with van der Waals surface area (Å²) in [5, 5.41) is 0. The van der Waals surface area contributed by atoms with E-state index in [9.17, 15) is 13.2 Å². The second-order valence-electron chi connectivity index (χ2n) is 11.2. The molecule has 0 N–H and O–H groups in total. The molecular formula is C30H33F3N2O4. The number of piperidine rings is 1. The normalized spacial score (nSPS) is 22.9. The Balaban J connectivity index is 1.32. The number of nitrogens with zero attached hydrogens (tertiary/aromatic N) is 2. The van der Waals surface area contributed by atoms with Gasteiger partial charge in [0, 0.05) is 36.5 Å². The standard InChI is InChI=1S/C30H33F3N2O4/c1-36-24-7-6-20-14-23-22-16-26-25(37-17-38-26)15-19(22)8-13-35(23)28(18-4-2-3-5-18)27(20)29(24)34-11-9-21(10-12-34)39-30(31,32)33/h6-7,14-16,18,21,28H,2-5,8-13,17H2,1H3. The molecule has 0 spiro atoms. The van der Waals surface area contributed by atoms with Crippen molar-refractivity contribution in [3.8, 4) is 17.2 Å². The summed E-state index contributed by atoms with van der Waals surface area (Å²) >= 11 is 0. The maximum Gasteiger partial charge on any atom is 0.522 e. The van der Waals surface area contributed by atoms with E-state index in [-0.39, 0.29) is 12.8 Å². The van der Waals surface area contributed by atoms with E-state index in [2.05, 4.69) is 38.8 Å². The maximum absolute atomic E-state index is 12.9. The third kappa shape index (κ3) is 4.39. The van der Waals surface area contributed by atoms with Gasteiger partial charge in [-0.3, -0.25) is 4.74 Å². The number of halogens is 3. The first-order valence-electron chi connectivity index (χ1n) is 14.0. The van der Waals surface area contributed by atoms with Crippen LogP contribution in [0.5, 0.6) is 17.2 Å². The van der Waals surface area contributed by atoms with Crippen LogP contribution in [0.3, 0.4) is 0 Å². The molecular weight excluding hydrogens is 509 g/mol. The molecule has 1 saturated heterocycles. The van der Waals surface area contributed by atoms with Crippen molar-refractivity contribution in [1.82, 2.24) is 4.90 Å². The predicted molar refractivity (Wildman–Crippen MR) is 141 cm³/mol. The third-order valence-corrected chi connectivity index (χ3v) is 9.07. The minimum absolute atomic E-state index is 0.176. The van der Waals surface area contributed by atoms with Gasteiger partial charge in [-0.2, -0.15) is 0 Å². The molecule has 1 saturated carbocycles. The van der Waals surface area contributed by atoms with Crippen LogP contribution in [-0.4, -0.2) is 50.9 Å². The molecule has 2 aromatic rings. The van der Waals surface area contributed by atoms with Crippen LogP contribution in [0.2, 0.25) is 0 Å². The van der Waals surface area contributed by atoms with Crippen LogP contribution < -0.4 is 19.1 Å². The van der Waals surface area contributed by atoms with Gasteiger partial charge in [0.1, 0.15) is 5.75 Å². The van der Waals surface area contributed by atoms with Crippen LogP contribution in [0.15, 0.2) is 24.3 Å². The largest absolute Gasteiger partial charge is 0.522 e. The summed E-state index contributed by atoms with van der Waals surface area (Å²) in [6.07, 6.45) is 3.21. The fraction of sp³-hybridized carbons (Fsp3) is 0.533. The Hall–Kier alpha value is -3.07. The first kappa shape index (κ1) is 24.9. The summed E-state index contributed by atoms with van der Waals surface area (Å²) in [7, 11) is 1.68. The fourth-order valence-corrected chi connectivity index (χ4v) is 7.38. The Kier molecular flexibility index (Phi) is 6.10. The average Bonchev–Trinajstić information content (AvgIpc) is 3.62. The molecule has 1 unspecified atom stereocenters. The molecule has 6 nitrogen and oxygen atoms in total. The second kappa shape index (κ2) is 9.54. The minimum atomic E-state index is -4.60. The molecule has 0 bridgehead atoms. The van der Waals surface area contributed by atoms with Gasteiger partial charge in [-0.1, -0.05) is 18.9 Å². The smallest absolute Gasteiger partial charge is 0.495 e. The average molecular weight is 543 g/mol. The van der Waals surface area contributed by atoms with Crippen LogP contribution in [0.25, 0.3) is 11.8 Å². The van der Waals surface area contributed by atoms with E-state index in [0.29, 0.717) is 31.8 Å². The molecule has 2 aromatic carbocycles. The van der Waals surface area contributed by atoms with Crippen molar-refractivity contribution in [3.05, 3.63) is 46.5 Å². The predicted octanol–water partition coefficient (Wildman–Crippen LogP) is 6.53. The molecule has 0 radical (unpaired) electrons. The van der Waals surface area contributed by atoms with Crippen molar-refractivity contribution in [2.45, 2.75) is 63.5 Å². The lowest BCUT2D eigenvalue weighted by Crippen LogP contribution is -2.42. The number of methoxy groups -OCH3 is 1. The van der Waals surface area contributed by atoms with E-state index in [4.69, 9.17) is 14.2 Å². The van der Waals surface area contributed by atoms with E-state index in [0.717, 1.165) is 41.5 Å². The summed E-state index contributed by atoms with van der Waals surface area (Å²) in [4.78, 5) is 4.80. The number of rotatable bonds is 4. The molecule has 1 atom stereocenters. The topological polar surface area (TPSA) is 43.4 Å². The van der Waals surface area contributed by atoms with E-state index in [1.807, 2.05) is 6.07 Å². The van der Waals surface area contributed by atoms with Crippen molar-refractivity contribution in [2.24, 2.45) is 5.92 Å². The summed E-state index contributed by atoms with van der Waals surface area (Å²) in [5.41, 5.74) is 7.13. The molecule has 7 rings (SSSR count). The first-order valence-corrected chi connectivity index (χ1v) is 14.0. The van der Waals surface area contributed by atoms with Gasteiger partial charge in [-0.15, -0.1) is 13.2 Å². The van der Waals surface area contributed by atoms with Gasteiger partial charge in [0.05, 0.1) is 24.9 Å². The molecule has 39 heavy (non-hydrogen) atoms. The Morgan fingerprint density at radius 3 is 2.41 bits per heavy atom. The van der Waals surface area contributed by atoms with Gasteiger partial charge in [-0.05, 0) is 73.4 Å². The van der Waals surface area contributed by atoms with Crippen LogP contribution in [0, 0.1) is 5.92 Å². The highest BCUT2D eigenvalue weighted by atomic mass is 19.4. The van der Waals surface area contributed by atoms with Crippen molar-refractivity contribution in [3.63, 3.8) is 0 Å². The number of anilines is 1. The number of benzene rings is 2. The highest BCUT2D eigenvalue weighted by Gasteiger charge is 2.42. The molecule has 2 fully saturated rings. The Labute approximate surface area is 226 Å². The molecule has 4 aliphatic heterocycles. The zero-order valence-corrected chi connectivity index (χ0v) is 22.1. The molecule has 1 aliphatic carbocycles. The maximum atomic E-state index is 12.9. The number of hydrogen-bond donors (Lipinski definition) is 0. The van der Waals surface area contributed by atoms with Gasteiger partial charge in [0.2, 0.25) is 6.79 Å². The SMILES string of the molecule is COc1ccc2c(c1N1CCC(OC(F)(F)F)CC1)C(C1CCCC1)N1CCc3cc4c(cc3C1=C2)OCO4. The zero-order chi connectivity index (χ0) is 26.7. The lowest BCUT2D eigenvalue weighted by molar-refractivity contribution is -0.344. The van der Waals surface area contributed by atoms with Crippen LogP contribution in [0.1, 0.15) is 66.8 Å². The summed E-state index contributed by atoms with van der Waals surface area (Å²) in [6, 6.07) is 8.58. The summed E-state index contributed by atoms with van der Waals surface area (Å²) in [6.45, 7) is 2.14.